The second-order valence-electron chi connectivity index (χ2n) is 7.30. The predicted molar refractivity (Wildman–Crippen MR) is 99.0 cm³/mol. The van der Waals surface area contributed by atoms with E-state index in [0.717, 1.165) is 35.3 Å². The van der Waals surface area contributed by atoms with E-state index in [1.165, 1.54) is 0 Å². The molecule has 25 heavy (non-hydrogen) atoms. The van der Waals surface area contributed by atoms with Gasteiger partial charge in [-0.25, -0.2) is 0 Å². The van der Waals surface area contributed by atoms with E-state index in [-0.39, 0.29) is 17.4 Å². The quantitative estimate of drug-likeness (QED) is 0.785. The van der Waals surface area contributed by atoms with Gasteiger partial charge in [0, 0.05) is 49.3 Å². The standard InChI is InChI=1S/C20H21ClN2O2/c1-12-3-4-15(6-18(12)21)16-7-19-17-5-14(9-22(11-17)13(2)24)10-23(19)20(25)8-16/h3-4,6-8,14,17H,5,9-11H2,1-2H3/t14-,17+/m0/s1. The van der Waals surface area contributed by atoms with Crippen molar-refractivity contribution in [1.29, 1.82) is 0 Å². The van der Waals surface area contributed by atoms with E-state index in [1.807, 2.05) is 34.6 Å². The number of carbonyl (C=O) groups excluding carboxylic acids is 1. The molecule has 1 amide bonds. The highest BCUT2D eigenvalue weighted by molar-refractivity contribution is 6.31. The number of carbonyl (C=O) groups is 1. The average molecular weight is 357 g/mol. The molecule has 2 atom stereocenters. The molecule has 0 N–H and O–H groups in total. The fraction of sp³-hybridized carbons (Fsp3) is 0.400. The molecule has 2 aromatic rings. The Balaban J connectivity index is 1.78. The van der Waals surface area contributed by atoms with Crippen molar-refractivity contribution >= 4 is 17.5 Å². The molecule has 4 rings (SSSR count). The van der Waals surface area contributed by atoms with E-state index in [1.54, 1.807) is 13.0 Å². The summed E-state index contributed by atoms with van der Waals surface area (Å²) in [6.45, 7) is 5.74. The third kappa shape index (κ3) is 2.89. The van der Waals surface area contributed by atoms with E-state index in [0.29, 0.717) is 24.0 Å². The third-order valence-corrected chi connectivity index (χ3v) is 5.91. The molecule has 0 aliphatic carbocycles. The number of amides is 1. The first-order valence-corrected chi connectivity index (χ1v) is 9.07. The van der Waals surface area contributed by atoms with E-state index in [4.69, 9.17) is 11.6 Å². The highest BCUT2D eigenvalue weighted by atomic mass is 35.5. The fourth-order valence-electron chi connectivity index (χ4n) is 4.16. The molecule has 0 spiro atoms. The zero-order valence-electron chi connectivity index (χ0n) is 14.5. The van der Waals surface area contributed by atoms with E-state index in [2.05, 4.69) is 6.07 Å². The summed E-state index contributed by atoms with van der Waals surface area (Å²) in [5.74, 6) is 0.712. The summed E-state index contributed by atoms with van der Waals surface area (Å²) >= 11 is 6.26. The van der Waals surface area contributed by atoms with Gasteiger partial charge in [0.15, 0.2) is 0 Å². The van der Waals surface area contributed by atoms with Crippen LogP contribution in [0.15, 0.2) is 35.1 Å². The highest BCUT2D eigenvalue weighted by Crippen LogP contribution is 2.36. The van der Waals surface area contributed by atoms with Gasteiger partial charge in [0.1, 0.15) is 0 Å². The van der Waals surface area contributed by atoms with Gasteiger partial charge in [0.05, 0.1) is 0 Å². The van der Waals surface area contributed by atoms with Crippen LogP contribution in [-0.4, -0.2) is 28.5 Å². The number of hydrogen-bond donors (Lipinski definition) is 0. The first kappa shape index (κ1) is 16.4. The lowest BCUT2D eigenvalue weighted by atomic mass is 9.82. The minimum atomic E-state index is 0.0372. The van der Waals surface area contributed by atoms with Crippen LogP contribution in [0.5, 0.6) is 0 Å². The number of nitrogens with zero attached hydrogens (tertiary/aromatic N) is 2. The van der Waals surface area contributed by atoms with Crippen LogP contribution in [0.1, 0.15) is 30.5 Å². The minimum absolute atomic E-state index is 0.0372. The highest BCUT2D eigenvalue weighted by Gasteiger charge is 2.35. The van der Waals surface area contributed by atoms with Gasteiger partial charge in [-0.1, -0.05) is 23.7 Å². The molecule has 2 aliphatic rings. The van der Waals surface area contributed by atoms with Crippen LogP contribution in [0.25, 0.3) is 11.1 Å². The summed E-state index contributed by atoms with van der Waals surface area (Å²) < 4.78 is 1.90. The normalized spacial score (nSPS) is 21.8. The van der Waals surface area contributed by atoms with Crippen molar-refractivity contribution in [1.82, 2.24) is 9.47 Å². The first-order chi connectivity index (χ1) is 11.9. The van der Waals surface area contributed by atoms with Gasteiger partial charge in [-0.15, -0.1) is 0 Å². The summed E-state index contributed by atoms with van der Waals surface area (Å²) in [5.41, 5.74) is 3.96. The van der Waals surface area contributed by atoms with Crippen LogP contribution in [0.2, 0.25) is 5.02 Å². The maximum absolute atomic E-state index is 12.7. The summed E-state index contributed by atoms with van der Waals surface area (Å²) in [5, 5.41) is 0.704. The third-order valence-electron chi connectivity index (χ3n) is 5.51. The molecular formula is C20H21ClN2O2. The summed E-state index contributed by atoms with van der Waals surface area (Å²) in [7, 11) is 0. The number of hydrogen-bond acceptors (Lipinski definition) is 2. The lowest BCUT2D eigenvalue weighted by molar-refractivity contribution is -0.131. The Morgan fingerprint density at radius 2 is 1.92 bits per heavy atom. The molecule has 3 heterocycles. The van der Waals surface area contributed by atoms with Gasteiger partial charge in [-0.2, -0.15) is 0 Å². The Morgan fingerprint density at radius 3 is 2.64 bits per heavy atom. The van der Waals surface area contributed by atoms with Crippen LogP contribution < -0.4 is 5.56 Å². The van der Waals surface area contributed by atoms with Crippen molar-refractivity contribution in [3.8, 4) is 11.1 Å². The topological polar surface area (TPSA) is 42.3 Å². The molecule has 2 aliphatic heterocycles. The minimum Gasteiger partial charge on any atom is -0.342 e. The molecule has 5 heteroatoms. The molecular weight excluding hydrogens is 336 g/mol. The van der Waals surface area contributed by atoms with Crippen molar-refractivity contribution in [2.45, 2.75) is 32.7 Å². The van der Waals surface area contributed by atoms with Gasteiger partial charge in [0.2, 0.25) is 5.91 Å². The largest absolute Gasteiger partial charge is 0.342 e. The zero-order valence-corrected chi connectivity index (χ0v) is 15.2. The van der Waals surface area contributed by atoms with Gasteiger partial charge < -0.3 is 9.47 Å². The number of rotatable bonds is 1. The Kier molecular flexibility index (Phi) is 3.95. The van der Waals surface area contributed by atoms with E-state index in [9.17, 15) is 9.59 Å². The van der Waals surface area contributed by atoms with Crippen molar-refractivity contribution in [2.75, 3.05) is 13.1 Å². The molecule has 1 aromatic carbocycles. The number of pyridine rings is 1. The lowest BCUT2D eigenvalue weighted by Gasteiger charge is -2.42. The van der Waals surface area contributed by atoms with E-state index >= 15 is 0 Å². The smallest absolute Gasteiger partial charge is 0.251 e. The monoisotopic (exact) mass is 356 g/mol. The molecule has 0 radical (unpaired) electrons. The number of aromatic nitrogens is 1. The zero-order chi connectivity index (χ0) is 17.7. The molecule has 1 saturated heterocycles. The van der Waals surface area contributed by atoms with Crippen LogP contribution in [-0.2, 0) is 11.3 Å². The van der Waals surface area contributed by atoms with Crippen molar-refractivity contribution in [3.63, 3.8) is 0 Å². The second-order valence-corrected chi connectivity index (χ2v) is 7.71. The lowest BCUT2D eigenvalue weighted by Crippen LogP contribution is -2.48. The summed E-state index contributed by atoms with van der Waals surface area (Å²) in [4.78, 5) is 26.4. The molecule has 4 nitrogen and oxygen atoms in total. The molecule has 0 saturated carbocycles. The Hall–Kier alpha value is -2.07. The summed E-state index contributed by atoms with van der Waals surface area (Å²) in [6, 6.07) is 9.70. The maximum atomic E-state index is 12.7. The van der Waals surface area contributed by atoms with Crippen LogP contribution in [0.4, 0.5) is 0 Å². The van der Waals surface area contributed by atoms with Gasteiger partial charge >= 0.3 is 0 Å². The number of halogens is 1. The van der Waals surface area contributed by atoms with Crippen molar-refractivity contribution in [2.24, 2.45) is 5.92 Å². The number of likely N-dealkylation sites (tertiary alicyclic amines) is 1. The SMILES string of the molecule is CC(=O)N1C[C@@H]2C[C@H](C1)c1cc(-c3ccc(C)c(Cl)c3)cc(=O)n1C2. The second kappa shape index (κ2) is 6.03. The number of benzene rings is 1. The number of aryl methyl sites for hydroxylation is 1. The maximum Gasteiger partial charge on any atom is 0.251 e. The van der Waals surface area contributed by atoms with Crippen LogP contribution in [0, 0.1) is 12.8 Å². The van der Waals surface area contributed by atoms with Crippen molar-refractivity contribution in [3.05, 3.63) is 57.0 Å². The molecule has 130 valence electrons. The average Bonchev–Trinajstić information content (AvgIpc) is 2.58. The molecule has 0 unspecified atom stereocenters. The van der Waals surface area contributed by atoms with Gasteiger partial charge in [0.25, 0.3) is 5.56 Å². The Bertz CT molecular complexity index is 918. The van der Waals surface area contributed by atoms with Crippen LogP contribution >= 0.6 is 11.6 Å². The fourth-order valence-corrected chi connectivity index (χ4v) is 4.34. The predicted octanol–water partition coefficient (Wildman–Crippen LogP) is 3.44. The number of fused-ring (bicyclic) bond motifs is 4. The van der Waals surface area contributed by atoms with Crippen LogP contribution in [0.3, 0.4) is 0 Å². The molecule has 1 fully saturated rings. The van der Waals surface area contributed by atoms with E-state index < -0.39 is 0 Å². The Morgan fingerprint density at radius 1 is 1.12 bits per heavy atom. The molecule has 2 bridgehead atoms. The van der Waals surface area contributed by atoms with Gasteiger partial charge in [-0.05, 0) is 48.1 Å². The van der Waals surface area contributed by atoms with Crippen molar-refractivity contribution < 1.29 is 4.79 Å². The first-order valence-electron chi connectivity index (χ1n) is 8.69. The number of piperidine rings is 1. The molecule has 1 aromatic heterocycles. The Labute approximate surface area is 152 Å². The van der Waals surface area contributed by atoms with Gasteiger partial charge in [-0.3, -0.25) is 9.59 Å². The summed E-state index contributed by atoms with van der Waals surface area (Å²) in [6.07, 6.45) is 1.04.